The summed E-state index contributed by atoms with van der Waals surface area (Å²) in [6, 6.07) is 10.3. The molecule has 152 valence electrons. The fourth-order valence-electron chi connectivity index (χ4n) is 3.48. The van der Waals surface area contributed by atoms with Crippen LogP contribution in [0.3, 0.4) is 0 Å². The number of benzene rings is 1. The number of amides is 1. The van der Waals surface area contributed by atoms with Crippen molar-refractivity contribution in [3.8, 4) is 0 Å². The normalized spacial score (nSPS) is 18.7. The Morgan fingerprint density at radius 1 is 1.14 bits per heavy atom. The van der Waals surface area contributed by atoms with Crippen molar-refractivity contribution in [3.05, 3.63) is 64.9 Å². The molecule has 1 aromatic carbocycles. The number of rotatable bonds is 6. The van der Waals surface area contributed by atoms with Gasteiger partial charge in [-0.15, -0.1) is 0 Å². The maximum atomic E-state index is 12.8. The quantitative estimate of drug-likeness (QED) is 0.570. The Hall–Kier alpha value is -2.93. The van der Waals surface area contributed by atoms with E-state index in [0.717, 1.165) is 12.8 Å². The molecule has 2 aromatic rings. The highest BCUT2D eigenvalue weighted by Crippen LogP contribution is 2.39. The standard InChI is InChI=1S/C21H21ClN2O5/c22-17-8-2-1-7-16(17)21(10-4-3-9-18(21)25)13-24-20(27)29-14-28-19(26)15-6-5-11-23-12-15/h1-2,5-8,11-12H,3-4,9-10,13-14H2,(H,24,27)/t21-/m1/s1. The molecule has 1 saturated carbocycles. The second kappa shape index (κ2) is 9.52. The van der Waals surface area contributed by atoms with Gasteiger partial charge >= 0.3 is 12.1 Å². The highest BCUT2D eigenvalue weighted by atomic mass is 35.5. The van der Waals surface area contributed by atoms with Crippen molar-refractivity contribution >= 4 is 29.4 Å². The van der Waals surface area contributed by atoms with Crippen molar-refractivity contribution in [2.24, 2.45) is 0 Å². The molecule has 0 spiro atoms. The molecular formula is C21H21ClN2O5. The van der Waals surface area contributed by atoms with Gasteiger partial charge in [0, 0.05) is 30.4 Å². The fraction of sp³-hybridized carbons (Fsp3) is 0.333. The summed E-state index contributed by atoms with van der Waals surface area (Å²) in [5.41, 5.74) is 0.0683. The number of carbonyl (C=O) groups is 3. The van der Waals surface area contributed by atoms with Gasteiger partial charge in [0.25, 0.3) is 0 Å². The van der Waals surface area contributed by atoms with Crippen LogP contribution in [-0.2, 0) is 19.7 Å². The minimum atomic E-state index is -0.887. The third-order valence-corrected chi connectivity index (χ3v) is 5.32. The summed E-state index contributed by atoms with van der Waals surface area (Å²) < 4.78 is 9.80. The number of esters is 1. The SMILES string of the molecule is O=C(NC[C@@]1(c2ccccc2Cl)CCCCC1=O)OCOC(=O)c1cccnc1. The molecule has 1 N–H and O–H groups in total. The zero-order valence-corrected chi connectivity index (χ0v) is 16.5. The lowest BCUT2D eigenvalue weighted by Gasteiger charge is -2.36. The Labute approximate surface area is 173 Å². The highest BCUT2D eigenvalue weighted by Gasteiger charge is 2.42. The molecule has 0 bridgehead atoms. The van der Waals surface area contributed by atoms with Crippen molar-refractivity contribution in [2.45, 2.75) is 31.1 Å². The van der Waals surface area contributed by atoms with Gasteiger partial charge in [-0.2, -0.15) is 0 Å². The number of halogens is 1. The average Bonchev–Trinajstić information content (AvgIpc) is 2.74. The Morgan fingerprint density at radius 3 is 2.69 bits per heavy atom. The van der Waals surface area contributed by atoms with E-state index < -0.39 is 24.3 Å². The maximum absolute atomic E-state index is 12.8. The highest BCUT2D eigenvalue weighted by molar-refractivity contribution is 6.31. The smallest absolute Gasteiger partial charge is 0.410 e. The van der Waals surface area contributed by atoms with Gasteiger partial charge in [-0.3, -0.25) is 9.78 Å². The predicted molar refractivity (Wildman–Crippen MR) is 106 cm³/mol. The number of hydrogen-bond donors (Lipinski definition) is 1. The van der Waals surface area contributed by atoms with Crippen molar-refractivity contribution in [3.63, 3.8) is 0 Å². The van der Waals surface area contributed by atoms with Gasteiger partial charge in [0.05, 0.1) is 11.0 Å². The molecule has 1 heterocycles. The van der Waals surface area contributed by atoms with Crippen molar-refractivity contribution in [2.75, 3.05) is 13.3 Å². The summed E-state index contributed by atoms with van der Waals surface area (Å²) in [4.78, 5) is 40.5. The van der Waals surface area contributed by atoms with Crippen LogP contribution < -0.4 is 5.32 Å². The average molecular weight is 417 g/mol. The van der Waals surface area contributed by atoms with Gasteiger partial charge in [0.15, 0.2) is 0 Å². The summed E-state index contributed by atoms with van der Waals surface area (Å²) in [6.07, 6.45) is 4.80. The van der Waals surface area contributed by atoms with E-state index in [-0.39, 0.29) is 17.9 Å². The number of carbonyl (C=O) groups excluding carboxylic acids is 3. The van der Waals surface area contributed by atoms with Crippen molar-refractivity contribution in [1.29, 1.82) is 0 Å². The fourth-order valence-corrected chi connectivity index (χ4v) is 3.80. The third kappa shape index (κ3) is 4.92. The van der Waals surface area contributed by atoms with Crippen LogP contribution in [0.1, 0.15) is 41.6 Å². The molecule has 1 amide bonds. The van der Waals surface area contributed by atoms with E-state index >= 15 is 0 Å². The third-order valence-electron chi connectivity index (χ3n) is 4.99. The van der Waals surface area contributed by atoms with Crippen LogP contribution in [0.25, 0.3) is 0 Å². The van der Waals surface area contributed by atoms with Crippen LogP contribution in [-0.4, -0.2) is 36.2 Å². The molecule has 0 unspecified atom stereocenters. The minimum Gasteiger partial charge on any atom is -0.424 e. The summed E-state index contributed by atoms with van der Waals surface area (Å²) in [7, 11) is 0. The first kappa shape index (κ1) is 20.8. The Balaban J connectivity index is 1.58. The Kier molecular flexibility index (Phi) is 6.82. The lowest BCUT2D eigenvalue weighted by molar-refractivity contribution is -0.126. The number of Topliss-reactive ketones (excluding diaryl/α,β-unsaturated/α-hetero) is 1. The molecule has 7 nitrogen and oxygen atoms in total. The lowest BCUT2D eigenvalue weighted by atomic mass is 9.68. The van der Waals surface area contributed by atoms with E-state index in [2.05, 4.69) is 10.3 Å². The number of nitrogens with zero attached hydrogens (tertiary/aromatic N) is 1. The van der Waals surface area contributed by atoms with Crippen LogP contribution in [0.4, 0.5) is 4.79 Å². The Morgan fingerprint density at radius 2 is 1.97 bits per heavy atom. The molecule has 1 aromatic heterocycles. The number of pyridine rings is 1. The van der Waals surface area contributed by atoms with E-state index in [1.165, 1.54) is 18.5 Å². The number of hydrogen-bond acceptors (Lipinski definition) is 6. The van der Waals surface area contributed by atoms with Crippen LogP contribution >= 0.6 is 11.6 Å². The maximum Gasteiger partial charge on any atom is 0.410 e. The second-order valence-corrected chi connectivity index (χ2v) is 7.18. The van der Waals surface area contributed by atoms with Crippen LogP contribution in [0.15, 0.2) is 48.8 Å². The van der Waals surface area contributed by atoms with Crippen LogP contribution in [0.2, 0.25) is 5.02 Å². The number of alkyl carbamates (subject to hydrolysis) is 1. The van der Waals surface area contributed by atoms with Gasteiger partial charge in [0.2, 0.25) is 6.79 Å². The molecule has 1 aliphatic carbocycles. The van der Waals surface area contributed by atoms with Gasteiger partial charge < -0.3 is 14.8 Å². The van der Waals surface area contributed by atoms with Gasteiger partial charge in [-0.05, 0) is 36.6 Å². The monoisotopic (exact) mass is 416 g/mol. The summed E-state index contributed by atoms with van der Waals surface area (Å²) >= 11 is 6.35. The molecule has 1 fully saturated rings. The topological polar surface area (TPSA) is 94.6 Å². The van der Waals surface area contributed by atoms with Crippen molar-refractivity contribution in [1.82, 2.24) is 10.3 Å². The molecule has 1 aliphatic rings. The molecule has 0 saturated heterocycles. The van der Waals surface area contributed by atoms with Crippen LogP contribution in [0, 0.1) is 0 Å². The summed E-state index contributed by atoms with van der Waals surface area (Å²) in [5, 5.41) is 3.11. The molecule has 1 atom stereocenters. The van der Waals surface area contributed by atoms with Gasteiger partial charge in [-0.1, -0.05) is 36.2 Å². The zero-order valence-electron chi connectivity index (χ0n) is 15.7. The number of ketones is 1. The second-order valence-electron chi connectivity index (χ2n) is 6.77. The molecule has 3 rings (SSSR count). The van der Waals surface area contributed by atoms with E-state index in [0.29, 0.717) is 23.4 Å². The number of nitrogens with one attached hydrogen (secondary N) is 1. The first-order valence-electron chi connectivity index (χ1n) is 9.29. The predicted octanol–water partition coefficient (Wildman–Crippen LogP) is 3.66. The lowest BCUT2D eigenvalue weighted by Crippen LogP contribution is -2.48. The van der Waals surface area contributed by atoms with E-state index in [9.17, 15) is 14.4 Å². The van der Waals surface area contributed by atoms with Gasteiger partial charge in [-0.25, -0.2) is 9.59 Å². The van der Waals surface area contributed by atoms with E-state index in [1.807, 2.05) is 12.1 Å². The first-order chi connectivity index (χ1) is 14.0. The number of ether oxygens (including phenoxy) is 2. The van der Waals surface area contributed by atoms with Gasteiger partial charge in [0.1, 0.15) is 5.78 Å². The summed E-state index contributed by atoms with van der Waals surface area (Å²) in [5.74, 6) is -0.610. The molecule has 8 heteroatoms. The molecular weight excluding hydrogens is 396 g/mol. The minimum absolute atomic E-state index is 0.0418. The zero-order chi connectivity index (χ0) is 20.7. The number of aromatic nitrogens is 1. The van der Waals surface area contributed by atoms with Crippen molar-refractivity contribution < 1.29 is 23.9 Å². The molecule has 0 aliphatic heterocycles. The Bertz CT molecular complexity index is 890. The van der Waals surface area contributed by atoms with E-state index in [4.69, 9.17) is 21.1 Å². The largest absolute Gasteiger partial charge is 0.424 e. The molecule has 0 radical (unpaired) electrons. The van der Waals surface area contributed by atoms with Crippen LogP contribution in [0.5, 0.6) is 0 Å². The first-order valence-corrected chi connectivity index (χ1v) is 9.67. The van der Waals surface area contributed by atoms with E-state index in [1.54, 1.807) is 18.2 Å². The summed E-state index contributed by atoms with van der Waals surface area (Å²) in [6.45, 7) is -0.489. The molecule has 29 heavy (non-hydrogen) atoms.